The monoisotopic (exact) mass is 537 g/mol. The van der Waals surface area contributed by atoms with Gasteiger partial charge in [0.25, 0.3) is 5.91 Å². The van der Waals surface area contributed by atoms with E-state index >= 15 is 0 Å². The van der Waals surface area contributed by atoms with E-state index in [1.165, 1.54) is 0 Å². The fraction of sp³-hybridized carbons (Fsp3) is 0.355. The molecule has 0 saturated carbocycles. The normalized spacial score (nSPS) is 14.9. The first kappa shape index (κ1) is 27.3. The number of para-hydroxylation sites is 1. The topological polar surface area (TPSA) is 108 Å². The predicted octanol–water partition coefficient (Wildman–Crippen LogP) is 4.05. The maximum absolute atomic E-state index is 13.5. The van der Waals surface area contributed by atoms with Gasteiger partial charge in [-0.05, 0) is 63.3 Å². The maximum Gasteiger partial charge on any atom is 0.252 e. The highest BCUT2D eigenvalue weighted by atomic mass is 16.5. The van der Waals surface area contributed by atoms with Crippen LogP contribution >= 0.6 is 0 Å². The molecule has 1 saturated heterocycles. The predicted molar refractivity (Wildman–Crippen MR) is 155 cm³/mol. The van der Waals surface area contributed by atoms with Gasteiger partial charge in [0.2, 0.25) is 0 Å². The van der Waals surface area contributed by atoms with Crippen molar-refractivity contribution in [2.75, 3.05) is 40.3 Å². The van der Waals surface area contributed by atoms with E-state index in [1.54, 1.807) is 6.20 Å². The summed E-state index contributed by atoms with van der Waals surface area (Å²) in [7, 11) is 3.99. The SMILES string of the molecule is Cc1ccc(OCCN(C)C)cc1C(=O)NC(C)c1cc(-c2cnn(C3(CC#N)CNC3)c2)nc2ccccc12. The lowest BCUT2D eigenvalue weighted by Crippen LogP contribution is -2.60. The van der Waals surface area contributed by atoms with Gasteiger partial charge in [-0.15, -0.1) is 0 Å². The van der Waals surface area contributed by atoms with Crippen LogP contribution in [0.25, 0.3) is 22.2 Å². The van der Waals surface area contributed by atoms with Gasteiger partial charge < -0.3 is 20.3 Å². The van der Waals surface area contributed by atoms with Gasteiger partial charge in [-0.25, -0.2) is 4.98 Å². The van der Waals surface area contributed by atoms with Crippen LogP contribution in [-0.2, 0) is 5.54 Å². The van der Waals surface area contributed by atoms with E-state index < -0.39 is 0 Å². The molecule has 0 aliphatic carbocycles. The van der Waals surface area contributed by atoms with Crippen LogP contribution in [0.4, 0.5) is 0 Å². The number of fused-ring (bicyclic) bond motifs is 1. The first-order valence-corrected chi connectivity index (χ1v) is 13.5. The van der Waals surface area contributed by atoms with Gasteiger partial charge in [0.05, 0.1) is 35.9 Å². The first-order valence-electron chi connectivity index (χ1n) is 13.5. The molecule has 5 rings (SSSR count). The number of benzene rings is 2. The molecule has 2 N–H and O–H groups in total. The Morgan fingerprint density at radius 3 is 2.77 bits per heavy atom. The van der Waals surface area contributed by atoms with Crippen LogP contribution in [-0.4, -0.2) is 65.9 Å². The number of likely N-dealkylation sites (N-methyl/N-ethyl adjacent to an activating group) is 1. The molecule has 0 radical (unpaired) electrons. The molecule has 2 aromatic carbocycles. The van der Waals surface area contributed by atoms with Gasteiger partial charge in [-0.3, -0.25) is 9.48 Å². The van der Waals surface area contributed by atoms with Crippen molar-refractivity contribution in [1.82, 2.24) is 30.3 Å². The number of ether oxygens (including phenoxy) is 1. The fourth-order valence-electron chi connectivity index (χ4n) is 4.99. The summed E-state index contributed by atoms with van der Waals surface area (Å²) in [5.74, 6) is 0.518. The molecule has 1 aliphatic rings. The zero-order valence-corrected chi connectivity index (χ0v) is 23.4. The van der Waals surface area contributed by atoms with E-state index in [2.05, 4.69) is 26.7 Å². The molecule has 4 aromatic rings. The van der Waals surface area contributed by atoms with Crippen molar-refractivity contribution in [2.45, 2.75) is 31.8 Å². The number of nitriles is 1. The average Bonchev–Trinajstić information content (AvgIpc) is 3.41. The second kappa shape index (κ2) is 11.5. The van der Waals surface area contributed by atoms with Crippen molar-refractivity contribution < 1.29 is 9.53 Å². The summed E-state index contributed by atoms with van der Waals surface area (Å²) >= 11 is 0. The molecule has 1 fully saturated rings. The van der Waals surface area contributed by atoms with Crippen molar-refractivity contribution in [3.63, 3.8) is 0 Å². The molecule has 9 nitrogen and oxygen atoms in total. The average molecular weight is 538 g/mol. The number of pyridine rings is 1. The van der Waals surface area contributed by atoms with Crippen LogP contribution in [0.15, 0.2) is 60.9 Å². The molecule has 40 heavy (non-hydrogen) atoms. The molecular weight excluding hydrogens is 502 g/mol. The summed E-state index contributed by atoms with van der Waals surface area (Å²) in [4.78, 5) is 20.4. The second-order valence-electron chi connectivity index (χ2n) is 10.8. The number of rotatable bonds is 10. The number of hydrogen-bond acceptors (Lipinski definition) is 7. The van der Waals surface area contributed by atoms with Crippen molar-refractivity contribution in [3.8, 4) is 23.1 Å². The minimum Gasteiger partial charge on any atom is -0.492 e. The van der Waals surface area contributed by atoms with E-state index in [1.807, 2.05) is 87.4 Å². The lowest BCUT2D eigenvalue weighted by molar-refractivity contribution is 0.0939. The third kappa shape index (κ3) is 5.55. The highest BCUT2D eigenvalue weighted by Crippen LogP contribution is 2.31. The van der Waals surface area contributed by atoms with Crippen molar-refractivity contribution in [1.29, 1.82) is 5.26 Å². The van der Waals surface area contributed by atoms with Crippen LogP contribution < -0.4 is 15.4 Å². The summed E-state index contributed by atoms with van der Waals surface area (Å²) in [6, 6.07) is 17.6. The van der Waals surface area contributed by atoms with Gasteiger partial charge in [-0.1, -0.05) is 24.3 Å². The summed E-state index contributed by atoms with van der Waals surface area (Å²) in [5, 5.41) is 21.4. The van der Waals surface area contributed by atoms with Gasteiger partial charge in [0.15, 0.2) is 0 Å². The lowest BCUT2D eigenvalue weighted by Gasteiger charge is -2.41. The third-order valence-electron chi connectivity index (χ3n) is 7.50. The van der Waals surface area contributed by atoms with E-state index in [0.29, 0.717) is 37.4 Å². The van der Waals surface area contributed by atoms with Gasteiger partial charge >= 0.3 is 0 Å². The van der Waals surface area contributed by atoms with Crippen molar-refractivity contribution >= 4 is 16.8 Å². The number of nitrogens with zero attached hydrogens (tertiary/aromatic N) is 5. The third-order valence-corrected chi connectivity index (χ3v) is 7.50. The van der Waals surface area contributed by atoms with Crippen LogP contribution in [0.1, 0.15) is 40.9 Å². The van der Waals surface area contributed by atoms with Crippen molar-refractivity contribution in [2.24, 2.45) is 0 Å². The van der Waals surface area contributed by atoms with E-state index in [0.717, 1.165) is 39.8 Å². The minimum atomic E-state index is -0.323. The van der Waals surface area contributed by atoms with Crippen LogP contribution in [0, 0.1) is 18.3 Å². The molecule has 1 aliphatic heterocycles. The largest absolute Gasteiger partial charge is 0.492 e. The zero-order chi connectivity index (χ0) is 28.3. The number of carbonyl (C=O) groups is 1. The summed E-state index contributed by atoms with van der Waals surface area (Å²) < 4.78 is 7.76. The van der Waals surface area contributed by atoms with Crippen LogP contribution in [0.5, 0.6) is 5.75 Å². The maximum atomic E-state index is 13.5. The number of hydrogen-bond donors (Lipinski definition) is 2. The number of carbonyl (C=O) groups excluding carboxylic acids is 1. The fourth-order valence-corrected chi connectivity index (χ4v) is 4.99. The first-order chi connectivity index (χ1) is 19.3. The Labute approximate surface area is 234 Å². The summed E-state index contributed by atoms with van der Waals surface area (Å²) in [6.07, 6.45) is 4.15. The Morgan fingerprint density at radius 2 is 2.05 bits per heavy atom. The molecule has 2 aromatic heterocycles. The number of amides is 1. The highest BCUT2D eigenvalue weighted by Gasteiger charge is 2.39. The Bertz CT molecular complexity index is 1570. The smallest absolute Gasteiger partial charge is 0.252 e. The van der Waals surface area contributed by atoms with Crippen molar-refractivity contribution in [3.05, 3.63) is 77.6 Å². The Kier molecular flexibility index (Phi) is 7.83. The van der Waals surface area contributed by atoms with E-state index in [-0.39, 0.29) is 17.5 Å². The van der Waals surface area contributed by atoms with E-state index in [4.69, 9.17) is 9.72 Å². The quantitative estimate of drug-likeness (QED) is 0.314. The number of nitrogens with one attached hydrogen (secondary N) is 2. The summed E-state index contributed by atoms with van der Waals surface area (Å²) in [6.45, 7) is 6.67. The molecule has 3 heterocycles. The summed E-state index contributed by atoms with van der Waals surface area (Å²) in [5.41, 5.74) is 4.60. The van der Waals surface area contributed by atoms with Gasteiger partial charge in [0.1, 0.15) is 17.9 Å². The second-order valence-corrected chi connectivity index (χ2v) is 10.8. The lowest BCUT2D eigenvalue weighted by atomic mass is 9.89. The molecule has 0 bridgehead atoms. The van der Waals surface area contributed by atoms with Gasteiger partial charge in [0, 0.05) is 42.3 Å². The molecule has 1 unspecified atom stereocenters. The molecule has 0 spiro atoms. The highest BCUT2D eigenvalue weighted by molar-refractivity contribution is 5.96. The van der Waals surface area contributed by atoms with Crippen LogP contribution in [0.2, 0.25) is 0 Å². The molecule has 9 heteroatoms. The number of aromatic nitrogens is 3. The Morgan fingerprint density at radius 1 is 1.25 bits per heavy atom. The van der Waals surface area contributed by atoms with Gasteiger partial charge in [-0.2, -0.15) is 10.4 Å². The minimum absolute atomic E-state index is 0.158. The molecule has 1 amide bonds. The Balaban J connectivity index is 1.42. The zero-order valence-electron chi connectivity index (χ0n) is 23.4. The standard InChI is InChI=1S/C31H35N7O2/c1-21-9-10-24(40-14-13-37(3)4)15-26(21)30(39)35-22(2)27-16-29(36-28-8-6-5-7-25(27)28)23-17-34-38(18-23)31(11-12-32)19-33-20-31/h5-10,15-18,22,33H,11,13-14,19-20H2,1-4H3,(H,35,39). The number of aryl methyl sites for hydroxylation is 1. The molecule has 206 valence electrons. The molecular formula is C31H35N7O2. The van der Waals surface area contributed by atoms with E-state index in [9.17, 15) is 10.1 Å². The Hall–Kier alpha value is -4.26. The van der Waals surface area contributed by atoms with Crippen LogP contribution in [0.3, 0.4) is 0 Å². The molecule has 1 atom stereocenters.